The minimum absolute atomic E-state index is 0.0791. The standard InChI is InChI=1S/C23H22F6N2/c1-13-8-6-10-18(30(13)4)20-15(3)21(19-11-7-9-14(2)31(19)5)17(23(27,28)29)12-16(20)22(24,25)26/h6-12H,1-5H3/q+2. The Hall–Kier alpha value is -2.90. The Kier molecular flexibility index (Phi) is 5.63. The second-order valence-electron chi connectivity index (χ2n) is 7.57. The summed E-state index contributed by atoms with van der Waals surface area (Å²) < 4.78 is 87.2. The second kappa shape index (κ2) is 7.66. The normalized spacial score (nSPS) is 12.4. The van der Waals surface area contributed by atoms with Gasteiger partial charge in [-0.3, -0.25) is 0 Å². The van der Waals surface area contributed by atoms with E-state index in [0.29, 0.717) is 11.4 Å². The first-order valence-electron chi connectivity index (χ1n) is 9.49. The molecule has 1 aromatic carbocycles. The Bertz CT molecular complexity index is 1070. The largest absolute Gasteiger partial charge is 0.417 e. The van der Waals surface area contributed by atoms with Crippen LogP contribution in [0.25, 0.3) is 22.5 Å². The van der Waals surface area contributed by atoms with E-state index >= 15 is 0 Å². The highest BCUT2D eigenvalue weighted by atomic mass is 19.4. The summed E-state index contributed by atoms with van der Waals surface area (Å²) in [6.07, 6.45) is -9.94. The first-order chi connectivity index (χ1) is 14.2. The van der Waals surface area contributed by atoms with Crippen molar-refractivity contribution in [3.63, 3.8) is 0 Å². The van der Waals surface area contributed by atoms with Gasteiger partial charge in [0.2, 0.25) is 11.4 Å². The van der Waals surface area contributed by atoms with Crippen molar-refractivity contribution in [2.24, 2.45) is 14.1 Å². The highest BCUT2D eigenvalue weighted by Crippen LogP contribution is 2.47. The third kappa shape index (κ3) is 4.03. The van der Waals surface area contributed by atoms with E-state index in [2.05, 4.69) is 0 Å². The highest BCUT2D eigenvalue weighted by Gasteiger charge is 2.44. The number of benzene rings is 1. The Labute approximate surface area is 176 Å². The number of hydrogen-bond acceptors (Lipinski definition) is 0. The quantitative estimate of drug-likeness (QED) is 0.360. The van der Waals surface area contributed by atoms with Gasteiger partial charge in [-0.05, 0) is 30.7 Å². The second-order valence-corrected chi connectivity index (χ2v) is 7.57. The minimum Gasteiger partial charge on any atom is -0.199 e. The number of aromatic nitrogens is 2. The zero-order valence-electron chi connectivity index (χ0n) is 17.7. The fourth-order valence-corrected chi connectivity index (χ4v) is 3.81. The third-order valence-electron chi connectivity index (χ3n) is 5.66. The van der Waals surface area contributed by atoms with Crippen LogP contribution in [0.15, 0.2) is 42.5 Å². The van der Waals surface area contributed by atoms with Crippen molar-refractivity contribution in [2.45, 2.75) is 33.1 Å². The van der Waals surface area contributed by atoms with E-state index in [4.69, 9.17) is 0 Å². The van der Waals surface area contributed by atoms with Crippen LogP contribution in [0.4, 0.5) is 26.3 Å². The summed E-state index contributed by atoms with van der Waals surface area (Å²) in [7, 11) is 3.18. The summed E-state index contributed by atoms with van der Waals surface area (Å²) in [4.78, 5) is 0. The summed E-state index contributed by atoms with van der Waals surface area (Å²) in [5.41, 5.74) is -1.49. The van der Waals surface area contributed by atoms with Gasteiger partial charge < -0.3 is 0 Å². The molecule has 164 valence electrons. The summed E-state index contributed by atoms with van der Waals surface area (Å²) in [6, 6.07) is 9.83. The van der Waals surface area contributed by atoms with Gasteiger partial charge in [0.15, 0.2) is 11.4 Å². The van der Waals surface area contributed by atoms with Crippen LogP contribution in [0, 0.1) is 20.8 Å². The molecule has 31 heavy (non-hydrogen) atoms. The zero-order chi connectivity index (χ0) is 23.3. The maximum absolute atomic E-state index is 14.0. The summed E-state index contributed by atoms with van der Waals surface area (Å²) in [5.74, 6) is 0. The molecule has 0 unspecified atom stereocenters. The third-order valence-corrected chi connectivity index (χ3v) is 5.66. The number of nitrogens with zero attached hydrogens (tertiary/aromatic N) is 2. The van der Waals surface area contributed by atoms with E-state index in [1.807, 2.05) is 0 Å². The van der Waals surface area contributed by atoms with Gasteiger partial charge in [-0.1, -0.05) is 0 Å². The molecule has 0 aliphatic heterocycles. The van der Waals surface area contributed by atoms with Crippen molar-refractivity contribution in [3.05, 3.63) is 70.5 Å². The van der Waals surface area contributed by atoms with Crippen LogP contribution in [0.1, 0.15) is 28.1 Å². The van der Waals surface area contributed by atoms with Gasteiger partial charge in [-0.2, -0.15) is 35.5 Å². The number of rotatable bonds is 2. The van der Waals surface area contributed by atoms with Crippen molar-refractivity contribution in [3.8, 4) is 22.5 Å². The van der Waals surface area contributed by atoms with Gasteiger partial charge in [0, 0.05) is 38.1 Å². The average Bonchev–Trinajstić information content (AvgIpc) is 2.64. The molecule has 0 fully saturated rings. The van der Waals surface area contributed by atoms with Crippen molar-refractivity contribution in [1.82, 2.24) is 0 Å². The molecule has 2 heterocycles. The van der Waals surface area contributed by atoms with E-state index in [9.17, 15) is 26.3 Å². The van der Waals surface area contributed by atoms with Crippen molar-refractivity contribution in [2.75, 3.05) is 0 Å². The van der Waals surface area contributed by atoms with Crippen LogP contribution in [0.5, 0.6) is 0 Å². The molecule has 0 bridgehead atoms. The molecular weight excluding hydrogens is 418 g/mol. The molecule has 0 radical (unpaired) electrons. The lowest BCUT2D eigenvalue weighted by Crippen LogP contribution is -2.36. The molecule has 2 nitrogen and oxygen atoms in total. The molecule has 0 N–H and O–H groups in total. The highest BCUT2D eigenvalue weighted by molar-refractivity contribution is 5.79. The van der Waals surface area contributed by atoms with Gasteiger partial charge >= 0.3 is 12.4 Å². The molecule has 0 aliphatic carbocycles. The molecule has 2 aromatic heterocycles. The van der Waals surface area contributed by atoms with Gasteiger partial charge in [0.05, 0.1) is 22.3 Å². The Morgan fingerprint density at radius 1 is 0.613 bits per heavy atom. The zero-order valence-corrected chi connectivity index (χ0v) is 17.7. The van der Waals surface area contributed by atoms with Crippen molar-refractivity contribution < 1.29 is 35.5 Å². The maximum atomic E-state index is 14.0. The van der Waals surface area contributed by atoms with Crippen LogP contribution < -0.4 is 9.13 Å². The van der Waals surface area contributed by atoms with Crippen molar-refractivity contribution >= 4 is 0 Å². The summed E-state index contributed by atoms with van der Waals surface area (Å²) in [5, 5.41) is 0. The van der Waals surface area contributed by atoms with Crippen LogP contribution >= 0.6 is 0 Å². The molecule has 0 saturated heterocycles. The van der Waals surface area contributed by atoms with Gasteiger partial charge in [0.1, 0.15) is 14.1 Å². The van der Waals surface area contributed by atoms with E-state index < -0.39 is 23.5 Å². The number of alkyl halides is 6. The topological polar surface area (TPSA) is 7.76 Å². The number of aryl methyl sites for hydroxylation is 2. The molecule has 0 amide bonds. The summed E-state index contributed by atoms with van der Waals surface area (Å²) >= 11 is 0. The van der Waals surface area contributed by atoms with E-state index in [0.717, 1.165) is 0 Å². The van der Waals surface area contributed by atoms with Crippen LogP contribution in [-0.4, -0.2) is 0 Å². The molecule has 3 rings (SSSR count). The first kappa shape index (κ1) is 22.8. The molecule has 0 saturated carbocycles. The lowest BCUT2D eigenvalue weighted by molar-refractivity contribution is -0.666. The Balaban J connectivity index is 2.58. The van der Waals surface area contributed by atoms with Gasteiger partial charge in [-0.25, -0.2) is 0 Å². The minimum atomic E-state index is -4.97. The van der Waals surface area contributed by atoms with Crippen molar-refractivity contribution in [1.29, 1.82) is 0 Å². The first-order valence-corrected chi connectivity index (χ1v) is 9.49. The van der Waals surface area contributed by atoms with E-state index in [-0.39, 0.29) is 34.1 Å². The Morgan fingerprint density at radius 3 is 1.29 bits per heavy atom. The van der Waals surface area contributed by atoms with E-state index in [1.54, 1.807) is 61.3 Å². The number of pyridine rings is 2. The maximum Gasteiger partial charge on any atom is 0.417 e. The fourth-order valence-electron chi connectivity index (χ4n) is 3.81. The molecule has 8 heteroatoms. The molecular formula is C23H22F6N2+2. The molecule has 0 spiro atoms. The predicted molar refractivity (Wildman–Crippen MR) is 104 cm³/mol. The fraction of sp³-hybridized carbons (Fsp3) is 0.304. The summed E-state index contributed by atoms with van der Waals surface area (Å²) in [6.45, 7) is 4.76. The number of halogens is 6. The van der Waals surface area contributed by atoms with Crippen LogP contribution in [-0.2, 0) is 26.4 Å². The molecule has 0 aliphatic rings. The Morgan fingerprint density at radius 2 is 0.968 bits per heavy atom. The monoisotopic (exact) mass is 440 g/mol. The SMILES string of the molecule is Cc1c(-c2cccc(C)[n+]2C)c(C(F)(F)F)cc(C(F)(F)F)c1-c1cccc(C)[n+]1C. The van der Waals surface area contributed by atoms with Crippen LogP contribution in [0.2, 0.25) is 0 Å². The lowest BCUT2D eigenvalue weighted by atomic mass is 9.87. The lowest BCUT2D eigenvalue weighted by Gasteiger charge is -2.21. The smallest absolute Gasteiger partial charge is 0.199 e. The van der Waals surface area contributed by atoms with Gasteiger partial charge in [0.25, 0.3) is 0 Å². The average molecular weight is 440 g/mol. The molecule has 3 aromatic rings. The molecule has 0 atom stereocenters. The van der Waals surface area contributed by atoms with Crippen LogP contribution in [0.3, 0.4) is 0 Å². The van der Waals surface area contributed by atoms with E-state index in [1.165, 1.54) is 19.1 Å². The van der Waals surface area contributed by atoms with Gasteiger partial charge in [-0.15, -0.1) is 0 Å². The number of hydrogen-bond donors (Lipinski definition) is 0. The predicted octanol–water partition coefficient (Wildman–Crippen LogP) is 5.63.